The van der Waals surface area contributed by atoms with E-state index in [9.17, 15) is 0 Å². The van der Waals surface area contributed by atoms with Crippen molar-refractivity contribution in [2.75, 3.05) is 12.8 Å². The van der Waals surface area contributed by atoms with Gasteiger partial charge in [0.15, 0.2) is 0 Å². The van der Waals surface area contributed by atoms with E-state index in [1.807, 2.05) is 54.6 Å². The van der Waals surface area contributed by atoms with Crippen LogP contribution in [0.15, 0.2) is 54.6 Å². The molecule has 94 valence electrons. The molecule has 0 fully saturated rings. The zero-order chi connectivity index (χ0) is 13.2. The Morgan fingerprint density at radius 1 is 1.00 bits per heavy atom. The maximum absolute atomic E-state index is 6.01. The molecular weight excluding hydrogens is 236 g/mol. The van der Waals surface area contributed by atoms with Crippen LogP contribution in [0.2, 0.25) is 0 Å². The number of nitrogens with zero attached hydrogens (tertiary/aromatic N) is 1. The summed E-state index contributed by atoms with van der Waals surface area (Å²) in [7, 11) is 1.65. The van der Waals surface area contributed by atoms with Crippen LogP contribution in [0.5, 0.6) is 5.75 Å². The van der Waals surface area contributed by atoms with Crippen molar-refractivity contribution in [3.63, 3.8) is 0 Å². The maximum Gasteiger partial charge on any atom is 0.131 e. The molecule has 3 aromatic rings. The highest BCUT2D eigenvalue weighted by atomic mass is 16.5. The molecule has 0 saturated heterocycles. The van der Waals surface area contributed by atoms with E-state index in [2.05, 4.69) is 4.98 Å². The third-order valence-electron chi connectivity index (χ3n) is 3.16. The zero-order valence-corrected chi connectivity index (χ0v) is 10.6. The number of rotatable bonds is 2. The molecule has 2 aromatic carbocycles. The molecule has 0 unspecified atom stereocenters. The highest BCUT2D eigenvalue weighted by molar-refractivity contribution is 5.93. The molecule has 2 N–H and O–H groups in total. The van der Waals surface area contributed by atoms with Crippen LogP contribution in [-0.4, -0.2) is 12.1 Å². The second-order valence-electron chi connectivity index (χ2n) is 4.34. The van der Waals surface area contributed by atoms with Crippen molar-refractivity contribution in [3.05, 3.63) is 54.6 Å². The van der Waals surface area contributed by atoms with E-state index in [0.717, 1.165) is 27.8 Å². The van der Waals surface area contributed by atoms with E-state index in [4.69, 9.17) is 10.5 Å². The summed E-state index contributed by atoms with van der Waals surface area (Å²) in [6, 6.07) is 17.8. The number of nitrogen functional groups attached to an aromatic ring is 1. The van der Waals surface area contributed by atoms with Gasteiger partial charge in [-0.15, -0.1) is 0 Å². The summed E-state index contributed by atoms with van der Waals surface area (Å²) in [6.45, 7) is 0. The average Bonchev–Trinajstić information content (AvgIpc) is 2.47. The lowest BCUT2D eigenvalue weighted by molar-refractivity contribution is 0.415. The second kappa shape index (κ2) is 4.61. The molecule has 1 heterocycles. The first-order valence-corrected chi connectivity index (χ1v) is 6.07. The first-order chi connectivity index (χ1) is 9.28. The van der Waals surface area contributed by atoms with E-state index in [0.29, 0.717) is 5.82 Å². The fraction of sp³-hybridized carbons (Fsp3) is 0.0625. The van der Waals surface area contributed by atoms with Gasteiger partial charge in [-0.25, -0.2) is 4.98 Å². The first kappa shape index (κ1) is 11.5. The normalized spacial score (nSPS) is 10.6. The standard InChI is InChI=1S/C16H14N2O/c1-19-13-8-6-11(7-9-13)15-10-12-4-2-3-5-14(12)16(17)18-15/h2-10H,1H3,(H2,17,18). The number of aromatic nitrogens is 1. The molecule has 0 aliphatic carbocycles. The number of hydrogen-bond donors (Lipinski definition) is 1. The van der Waals surface area contributed by atoms with Gasteiger partial charge in [-0.3, -0.25) is 0 Å². The summed E-state index contributed by atoms with van der Waals surface area (Å²) in [5, 5.41) is 2.08. The molecule has 3 nitrogen and oxygen atoms in total. The molecule has 19 heavy (non-hydrogen) atoms. The quantitative estimate of drug-likeness (QED) is 0.757. The Labute approximate surface area is 111 Å². The molecule has 0 atom stereocenters. The number of fused-ring (bicyclic) bond motifs is 1. The van der Waals surface area contributed by atoms with Crippen LogP contribution in [0.1, 0.15) is 0 Å². The fourth-order valence-electron chi connectivity index (χ4n) is 2.14. The highest BCUT2D eigenvalue weighted by Gasteiger charge is 2.05. The van der Waals surface area contributed by atoms with Crippen LogP contribution in [-0.2, 0) is 0 Å². The van der Waals surface area contributed by atoms with Crippen LogP contribution in [0.4, 0.5) is 5.82 Å². The average molecular weight is 250 g/mol. The molecule has 0 saturated carbocycles. The van der Waals surface area contributed by atoms with Crippen molar-refractivity contribution in [1.29, 1.82) is 0 Å². The number of benzene rings is 2. The van der Waals surface area contributed by atoms with Crippen molar-refractivity contribution in [2.45, 2.75) is 0 Å². The van der Waals surface area contributed by atoms with E-state index in [1.54, 1.807) is 7.11 Å². The van der Waals surface area contributed by atoms with Crippen LogP contribution < -0.4 is 10.5 Å². The first-order valence-electron chi connectivity index (χ1n) is 6.07. The lowest BCUT2D eigenvalue weighted by Crippen LogP contribution is -1.94. The molecular formula is C16H14N2O. The Morgan fingerprint density at radius 2 is 1.74 bits per heavy atom. The summed E-state index contributed by atoms with van der Waals surface area (Å²) in [4.78, 5) is 4.46. The Balaban J connectivity index is 2.14. The molecule has 3 heteroatoms. The van der Waals surface area contributed by atoms with Crippen LogP contribution in [0, 0.1) is 0 Å². The summed E-state index contributed by atoms with van der Waals surface area (Å²) in [5.74, 6) is 1.39. The minimum absolute atomic E-state index is 0.559. The van der Waals surface area contributed by atoms with Gasteiger partial charge in [0.25, 0.3) is 0 Å². The lowest BCUT2D eigenvalue weighted by Gasteiger charge is -2.07. The van der Waals surface area contributed by atoms with Gasteiger partial charge < -0.3 is 10.5 Å². The van der Waals surface area contributed by atoms with Gasteiger partial charge in [0.1, 0.15) is 11.6 Å². The topological polar surface area (TPSA) is 48.1 Å². The smallest absolute Gasteiger partial charge is 0.131 e. The molecule has 0 amide bonds. The Kier molecular flexibility index (Phi) is 2.80. The van der Waals surface area contributed by atoms with Crippen LogP contribution in [0.3, 0.4) is 0 Å². The van der Waals surface area contributed by atoms with Crippen molar-refractivity contribution < 1.29 is 4.74 Å². The maximum atomic E-state index is 6.01. The Hall–Kier alpha value is -2.55. The minimum atomic E-state index is 0.559. The third kappa shape index (κ3) is 2.10. The largest absolute Gasteiger partial charge is 0.497 e. The fourth-order valence-corrected chi connectivity index (χ4v) is 2.14. The monoisotopic (exact) mass is 250 g/mol. The number of anilines is 1. The predicted octanol–water partition coefficient (Wildman–Crippen LogP) is 3.49. The van der Waals surface area contributed by atoms with Crippen LogP contribution in [0.25, 0.3) is 22.0 Å². The zero-order valence-electron chi connectivity index (χ0n) is 10.6. The molecule has 0 spiro atoms. The van der Waals surface area contributed by atoms with Crippen molar-refractivity contribution in [3.8, 4) is 17.0 Å². The third-order valence-corrected chi connectivity index (χ3v) is 3.16. The lowest BCUT2D eigenvalue weighted by atomic mass is 10.1. The molecule has 0 radical (unpaired) electrons. The number of nitrogens with two attached hydrogens (primary N) is 1. The van der Waals surface area contributed by atoms with Crippen molar-refractivity contribution >= 4 is 16.6 Å². The molecule has 1 aromatic heterocycles. The molecule has 0 aliphatic heterocycles. The van der Waals surface area contributed by atoms with Crippen molar-refractivity contribution in [2.24, 2.45) is 0 Å². The molecule has 0 bridgehead atoms. The van der Waals surface area contributed by atoms with Gasteiger partial charge in [0, 0.05) is 10.9 Å². The van der Waals surface area contributed by atoms with E-state index >= 15 is 0 Å². The SMILES string of the molecule is COc1ccc(-c2cc3ccccc3c(N)n2)cc1. The Morgan fingerprint density at radius 3 is 2.47 bits per heavy atom. The summed E-state index contributed by atoms with van der Waals surface area (Å²) >= 11 is 0. The number of pyridine rings is 1. The van der Waals surface area contributed by atoms with Gasteiger partial charge >= 0.3 is 0 Å². The van der Waals surface area contributed by atoms with Gasteiger partial charge in [0.2, 0.25) is 0 Å². The second-order valence-corrected chi connectivity index (χ2v) is 4.34. The van der Waals surface area contributed by atoms with E-state index in [-0.39, 0.29) is 0 Å². The summed E-state index contributed by atoms with van der Waals surface area (Å²) in [5.41, 5.74) is 7.91. The van der Waals surface area contributed by atoms with Crippen molar-refractivity contribution in [1.82, 2.24) is 4.98 Å². The number of hydrogen-bond acceptors (Lipinski definition) is 3. The number of methoxy groups -OCH3 is 1. The van der Waals surface area contributed by atoms with E-state index < -0.39 is 0 Å². The molecule has 3 rings (SSSR count). The van der Waals surface area contributed by atoms with Gasteiger partial charge in [-0.05, 0) is 35.7 Å². The number of ether oxygens (including phenoxy) is 1. The van der Waals surface area contributed by atoms with Gasteiger partial charge in [0.05, 0.1) is 12.8 Å². The van der Waals surface area contributed by atoms with Gasteiger partial charge in [-0.2, -0.15) is 0 Å². The predicted molar refractivity (Wildman–Crippen MR) is 78.1 cm³/mol. The minimum Gasteiger partial charge on any atom is -0.497 e. The summed E-state index contributed by atoms with van der Waals surface area (Å²) < 4.78 is 5.15. The molecule has 0 aliphatic rings. The highest BCUT2D eigenvalue weighted by Crippen LogP contribution is 2.27. The van der Waals surface area contributed by atoms with Crippen LogP contribution >= 0.6 is 0 Å². The Bertz CT molecular complexity index is 720. The van der Waals surface area contributed by atoms with Gasteiger partial charge in [-0.1, -0.05) is 24.3 Å². The van der Waals surface area contributed by atoms with E-state index in [1.165, 1.54) is 0 Å². The summed E-state index contributed by atoms with van der Waals surface area (Å²) in [6.07, 6.45) is 0.